The van der Waals surface area contributed by atoms with Crippen LogP contribution < -0.4 is 9.47 Å². The zero-order chi connectivity index (χ0) is 12.5. The van der Waals surface area contributed by atoms with Crippen LogP contribution in [-0.4, -0.2) is 13.2 Å². The Hall–Kier alpha value is -1.73. The number of hydrogen-bond acceptors (Lipinski definition) is 3. The first-order chi connectivity index (χ1) is 8.29. The lowest BCUT2D eigenvalue weighted by Crippen LogP contribution is -1.97. The van der Waals surface area contributed by atoms with E-state index < -0.39 is 0 Å². The molecule has 0 N–H and O–H groups in total. The first-order valence-corrected chi connectivity index (χ1v) is 5.78. The number of benzene rings is 1. The van der Waals surface area contributed by atoms with Gasteiger partial charge in [0.15, 0.2) is 0 Å². The van der Waals surface area contributed by atoms with Crippen molar-refractivity contribution >= 4 is 15.9 Å². The topological polar surface area (TPSA) is 42.2 Å². The smallest absolute Gasteiger partial charge is 0.137 e. The highest BCUT2D eigenvalue weighted by atomic mass is 79.9. The zero-order valence-electron chi connectivity index (χ0n) is 9.23. The Balaban J connectivity index is 2.69. The Morgan fingerprint density at radius 1 is 1.29 bits per heavy atom. The van der Waals surface area contributed by atoms with Gasteiger partial charge in [0.25, 0.3) is 0 Å². The predicted molar refractivity (Wildman–Crippen MR) is 70.1 cm³/mol. The van der Waals surface area contributed by atoms with E-state index in [4.69, 9.17) is 14.7 Å². The zero-order valence-corrected chi connectivity index (χ0v) is 10.8. The molecule has 0 saturated heterocycles. The molecule has 17 heavy (non-hydrogen) atoms. The minimum atomic E-state index is 0.344. The normalized spacial score (nSPS) is 9.88. The van der Waals surface area contributed by atoms with Crippen LogP contribution in [0.1, 0.15) is 0 Å². The van der Waals surface area contributed by atoms with Crippen LogP contribution in [-0.2, 0) is 0 Å². The summed E-state index contributed by atoms with van der Waals surface area (Å²) in [6.45, 7) is 4.37. The van der Waals surface area contributed by atoms with Crippen molar-refractivity contribution < 1.29 is 9.47 Å². The first kappa shape index (κ1) is 13.3. The molecule has 0 amide bonds. The van der Waals surface area contributed by atoms with Crippen molar-refractivity contribution in [3.05, 3.63) is 47.5 Å². The Morgan fingerprint density at radius 3 is 2.53 bits per heavy atom. The number of allylic oxidation sites excluding steroid dienone is 1. The van der Waals surface area contributed by atoms with Crippen LogP contribution in [0.2, 0.25) is 0 Å². The monoisotopic (exact) mass is 293 g/mol. The summed E-state index contributed by atoms with van der Waals surface area (Å²) in [5, 5.41) is 8.33. The molecule has 0 radical (unpaired) electrons. The number of ether oxygens (including phenoxy) is 2. The van der Waals surface area contributed by atoms with E-state index in [1.807, 2.05) is 24.3 Å². The van der Waals surface area contributed by atoms with E-state index in [0.29, 0.717) is 24.7 Å². The van der Waals surface area contributed by atoms with E-state index in [0.717, 1.165) is 4.47 Å². The summed E-state index contributed by atoms with van der Waals surface area (Å²) in [5.74, 6) is 1.38. The number of hydrogen-bond donors (Lipinski definition) is 0. The quantitative estimate of drug-likeness (QED) is 0.596. The molecule has 0 aliphatic heterocycles. The lowest BCUT2D eigenvalue weighted by molar-refractivity contribution is 0.340. The van der Waals surface area contributed by atoms with Crippen LogP contribution in [0.25, 0.3) is 0 Å². The fourth-order valence-corrected chi connectivity index (χ4v) is 1.59. The van der Waals surface area contributed by atoms with E-state index in [1.165, 1.54) is 6.08 Å². The molecule has 0 fully saturated rings. The van der Waals surface area contributed by atoms with Gasteiger partial charge in [0.1, 0.15) is 29.2 Å². The molecule has 88 valence electrons. The van der Waals surface area contributed by atoms with E-state index >= 15 is 0 Å². The van der Waals surface area contributed by atoms with Crippen LogP contribution in [0.15, 0.2) is 47.5 Å². The summed E-state index contributed by atoms with van der Waals surface area (Å²) in [4.78, 5) is 0. The molecular weight excluding hydrogens is 282 g/mol. The average molecular weight is 294 g/mol. The summed E-state index contributed by atoms with van der Waals surface area (Å²) < 4.78 is 11.7. The maximum absolute atomic E-state index is 8.33. The summed E-state index contributed by atoms with van der Waals surface area (Å²) in [6, 6.07) is 7.40. The Labute approximate surface area is 109 Å². The lowest BCUT2D eigenvalue weighted by Gasteiger charge is -2.10. The molecule has 0 aromatic heterocycles. The fraction of sp³-hybridized carbons (Fsp3) is 0.154. The van der Waals surface area contributed by atoms with Crippen molar-refractivity contribution in [1.82, 2.24) is 0 Å². The third kappa shape index (κ3) is 4.33. The second-order valence-electron chi connectivity index (χ2n) is 3.01. The number of nitrogens with zero attached hydrogens (tertiary/aromatic N) is 1. The minimum Gasteiger partial charge on any atom is -0.488 e. The van der Waals surface area contributed by atoms with Gasteiger partial charge in [-0.1, -0.05) is 18.7 Å². The molecule has 0 bridgehead atoms. The van der Waals surface area contributed by atoms with Crippen LogP contribution in [0.5, 0.6) is 11.5 Å². The van der Waals surface area contributed by atoms with Gasteiger partial charge in [0.2, 0.25) is 0 Å². The van der Waals surface area contributed by atoms with Gasteiger partial charge in [-0.3, -0.25) is 0 Å². The third-order valence-corrected chi connectivity index (χ3v) is 2.59. The van der Waals surface area contributed by atoms with Crippen molar-refractivity contribution in [3.8, 4) is 17.6 Å². The molecule has 0 unspecified atom stereocenters. The minimum absolute atomic E-state index is 0.344. The maximum atomic E-state index is 8.33. The van der Waals surface area contributed by atoms with Gasteiger partial charge < -0.3 is 9.47 Å². The Kier molecular flexibility index (Phi) is 5.91. The molecule has 0 aliphatic rings. The van der Waals surface area contributed by atoms with Crippen LogP contribution in [0, 0.1) is 11.3 Å². The van der Waals surface area contributed by atoms with Crippen molar-refractivity contribution in [2.45, 2.75) is 0 Å². The van der Waals surface area contributed by atoms with Crippen molar-refractivity contribution in [3.63, 3.8) is 0 Å². The summed E-state index contributed by atoms with van der Waals surface area (Å²) in [5.41, 5.74) is 0. The number of rotatable bonds is 6. The first-order valence-electron chi connectivity index (χ1n) is 4.99. The highest BCUT2D eigenvalue weighted by Gasteiger charge is 2.06. The predicted octanol–water partition coefficient (Wildman–Crippen LogP) is 3.47. The highest BCUT2D eigenvalue weighted by Crippen LogP contribution is 2.34. The van der Waals surface area contributed by atoms with Crippen LogP contribution in [0.3, 0.4) is 0 Å². The van der Waals surface area contributed by atoms with Gasteiger partial charge in [-0.25, -0.2) is 0 Å². The van der Waals surface area contributed by atoms with E-state index in [1.54, 1.807) is 12.2 Å². The summed E-state index contributed by atoms with van der Waals surface area (Å²) >= 11 is 3.41. The van der Waals surface area contributed by atoms with E-state index in [2.05, 4.69) is 22.5 Å². The summed E-state index contributed by atoms with van der Waals surface area (Å²) in [7, 11) is 0. The standard InChI is InChI=1S/C13H12BrNO2/c1-2-9-16-11-6-5-7-12(13(11)14)17-10-4-3-8-15/h2-7H,1,9-10H2. The molecule has 0 aliphatic carbocycles. The van der Waals surface area contributed by atoms with Gasteiger partial charge in [0.05, 0.1) is 6.07 Å². The second kappa shape index (κ2) is 7.53. The molecule has 3 nitrogen and oxygen atoms in total. The maximum Gasteiger partial charge on any atom is 0.137 e. The molecule has 0 heterocycles. The van der Waals surface area contributed by atoms with Gasteiger partial charge in [-0.05, 0) is 34.1 Å². The fourth-order valence-electron chi connectivity index (χ4n) is 1.10. The van der Waals surface area contributed by atoms with Gasteiger partial charge in [-0.2, -0.15) is 5.26 Å². The lowest BCUT2D eigenvalue weighted by atomic mass is 10.3. The molecule has 4 heteroatoms. The molecule has 1 aromatic carbocycles. The summed E-state index contributed by atoms with van der Waals surface area (Å²) in [6.07, 6.45) is 4.70. The largest absolute Gasteiger partial charge is 0.488 e. The third-order valence-electron chi connectivity index (χ3n) is 1.81. The molecule has 0 spiro atoms. The molecule has 1 aromatic rings. The molecule has 1 rings (SSSR count). The van der Waals surface area contributed by atoms with Crippen molar-refractivity contribution in [2.24, 2.45) is 0 Å². The Morgan fingerprint density at radius 2 is 1.94 bits per heavy atom. The number of halogens is 1. The van der Waals surface area contributed by atoms with Gasteiger partial charge in [-0.15, -0.1) is 0 Å². The van der Waals surface area contributed by atoms with E-state index in [-0.39, 0.29) is 0 Å². The van der Waals surface area contributed by atoms with Crippen LogP contribution >= 0.6 is 15.9 Å². The Bertz CT molecular complexity index is 449. The molecule has 0 atom stereocenters. The van der Waals surface area contributed by atoms with Gasteiger partial charge >= 0.3 is 0 Å². The molecular formula is C13H12BrNO2. The number of nitriles is 1. The van der Waals surface area contributed by atoms with Crippen molar-refractivity contribution in [2.75, 3.05) is 13.2 Å². The van der Waals surface area contributed by atoms with E-state index in [9.17, 15) is 0 Å². The average Bonchev–Trinajstić information content (AvgIpc) is 2.35. The SMILES string of the molecule is C=CCOc1cccc(OCC=CC#N)c1Br. The second-order valence-corrected chi connectivity index (χ2v) is 3.80. The van der Waals surface area contributed by atoms with Crippen LogP contribution in [0.4, 0.5) is 0 Å². The molecule has 0 saturated carbocycles. The van der Waals surface area contributed by atoms with Crippen molar-refractivity contribution in [1.29, 1.82) is 5.26 Å². The highest BCUT2D eigenvalue weighted by molar-refractivity contribution is 9.10. The van der Waals surface area contributed by atoms with Gasteiger partial charge in [0, 0.05) is 6.08 Å².